The standard InChI is InChI=1S/C18H23BrN6O3S/c19-13-10-21-18(22-12-4-7-25(8-5-12)29(26)9-6-20)24-17(13)23-14-2-1-3-15-16(14)28-11-27-15/h1-3,10,12H,4-9,11,20H2,(H2,21,22,23,24). The SMILES string of the molecule is NCC[S+]([O-])N1CCC(Nc2ncc(Br)c(Nc3cccc4c3OCO4)n2)CC1. The van der Waals surface area contributed by atoms with Gasteiger partial charge in [-0.3, -0.25) is 0 Å². The van der Waals surface area contributed by atoms with Crippen molar-refractivity contribution in [2.24, 2.45) is 5.73 Å². The second-order valence-electron chi connectivity index (χ2n) is 6.72. The molecule has 0 radical (unpaired) electrons. The Kier molecular flexibility index (Phi) is 6.60. The second-order valence-corrected chi connectivity index (χ2v) is 9.14. The highest BCUT2D eigenvalue weighted by atomic mass is 79.9. The molecule has 1 aromatic heterocycles. The number of fused-ring (bicyclic) bond motifs is 1. The lowest BCUT2D eigenvalue weighted by atomic mass is 10.1. The molecule has 2 aliphatic rings. The first-order valence-electron chi connectivity index (χ1n) is 9.42. The highest BCUT2D eigenvalue weighted by Gasteiger charge is 2.27. The normalized spacial score (nSPS) is 17.9. The number of para-hydroxylation sites is 1. The quantitative estimate of drug-likeness (QED) is 0.509. The third-order valence-corrected chi connectivity index (χ3v) is 6.87. The Labute approximate surface area is 180 Å². The van der Waals surface area contributed by atoms with Crippen molar-refractivity contribution in [1.82, 2.24) is 14.3 Å². The van der Waals surface area contributed by atoms with Crippen molar-refractivity contribution in [1.29, 1.82) is 0 Å². The molecule has 0 aliphatic carbocycles. The molecule has 2 aromatic rings. The first-order valence-corrected chi connectivity index (χ1v) is 11.5. The second kappa shape index (κ2) is 9.35. The van der Waals surface area contributed by atoms with Crippen LogP contribution in [0.4, 0.5) is 17.5 Å². The molecule has 0 spiro atoms. The van der Waals surface area contributed by atoms with E-state index in [0.29, 0.717) is 35.6 Å². The van der Waals surface area contributed by atoms with E-state index in [2.05, 4.69) is 36.5 Å². The van der Waals surface area contributed by atoms with E-state index in [1.165, 1.54) is 0 Å². The summed E-state index contributed by atoms with van der Waals surface area (Å²) in [7, 11) is 0. The molecule has 2 aliphatic heterocycles. The minimum Gasteiger partial charge on any atom is -0.598 e. The molecule has 0 bridgehead atoms. The van der Waals surface area contributed by atoms with Crippen LogP contribution in [0.2, 0.25) is 0 Å². The van der Waals surface area contributed by atoms with E-state index in [4.69, 9.17) is 15.2 Å². The minimum absolute atomic E-state index is 0.209. The Morgan fingerprint density at radius 3 is 2.93 bits per heavy atom. The van der Waals surface area contributed by atoms with E-state index < -0.39 is 11.4 Å². The summed E-state index contributed by atoms with van der Waals surface area (Å²) in [6.07, 6.45) is 3.45. The number of anilines is 3. The zero-order valence-corrected chi connectivity index (χ0v) is 18.2. The molecule has 9 nitrogen and oxygen atoms in total. The van der Waals surface area contributed by atoms with Crippen LogP contribution in [0.5, 0.6) is 11.5 Å². The lowest BCUT2D eigenvalue weighted by molar-refractivity contribution is 0.174. The Morgan fingerprint density at radius 1 is 1.31 bits per heavy atom. The molecular formula is C18H23BrN6O3S. The van der Waals surface area contributed by atoms with Crippen molar-refractivity contribution in [2.75, 3.05) is 42.8 Å². The van der Waals surface area contributed by atoms with Gasteiger partial charge in [-0.05, 0) is 40.9 Å². The molecule has 3 heterocycles. The fourth-order valence-electron chi connectivity index (χ4n) is 3.30. The predicted molar refractivity (Wildman–Crippen MR) is 116 cm³/mol. The highest BCUT2D eigenvalue weighted by molar-refractivity contribution is 9.10. The van der Waals surface area contributed by atoms with Crippen LogP contribution < -0.4 is 25.8 Å². The number of rotatable bonds is 7. The minimum atomic E-state index is -0.986. The molecule has 29 heavy (non-hydrogen) atoms. The third-order valence-electron chi connectivity index (χ3n) is 4.76. The number of nitrogens with one attached hydrogen (secondary N) is 2. The van der Waals surface area contributed by atoms with Gasteiger partial charge in [0.05, 0.1) is 10.2 Å². The van der Waals surface area contributed by atoms with E-state index in [-0.39, 0.29) is 12.8 Å². The van der Waals surface area contributed by atoms with Gasteiger partial charge in [-0.1, -0.05) is 6.07 Å². The first kappa shape index (κ1) is 20.5. The summed E-state index contributed by atoms with van der Waals surface area (Å²) in [6.45, 7) is 2.18. The van der Waals surface area contributed by atoms with Crippen molar-refractivity contribution in [3.05, 3.63) is 28.9 Å². The van der Waals surface area contributed by atoms with E-state index in [0.717, 1.165) is 36.1 Å². The molecule has 1 saturated heterocycles. The van der Waals surface area contributed by atoms with Crippen molar-refractivity contribution in [2.45, 2.75) is 18.9 Å². The van der Waals surface area contributed by atoms with Crippen molar-refractivity contribution >= 4 is 44.7 Å². The van der Waals surface area contributed by atoms with E-state index >= 15 is 0 Å². The van der Waals surface area contributed by atoms with Crippen LogP contribution in [-0.2, 0) is 11.4 Å². The summed E-state index contributed by atoms with van der Waals surface area (Å²) in [6, 6.07) is 5.90. The number of nitrogens with zero attached hydrogens (tertiary/aromatic N) is 3. The molecule has 0 saturated carbocycles. The summed E-state index contributed by atoms with van der Waals surface area (Å²) < 4.78 is 25.8. The Balaban J connectivity index is 1.40. The molecular weight excluding hydrogens is 460 g/mol. The number of piperidine rings is 1. The number of ether oxygens (including phenoxy) is 2. The monoisotopic (exact) mass is 482 g/mol. The van der Waals surface area contributed by atoms with E-state index in [1.807, 2.05) is 22.5 Å². The van der Waals surface area contributed by atoms with Crippen LogP contribution in [0.15, 0.2) is 28.9 Å². The van der Waals surface area contributed by atoms with Gasteiger partial charge in [0.1, 0.15) is 11.6 Å². The Bertz CT molecular complexity index is 852. The Hall–Kier alpha value is -1.79. The van der Waals surface area contributed by atoms with Crippen LogP contribution in [0.1, 0.15) is 12.8 Å². The van der Waals surface area contributed by atoms with Gasteiger partial charge in [-0.2, -0.15) is 4.98 Å². The number of benzene rings is 1. The number of hydrogen-bond donors (Lipinski definition) is 3. The fraction of sp³-hybridized carbons (Fsp3) is 0.444. The third kappa shape index (κ3) is 4.86. The molecule has 4 rings (SSSR count). The fourth-order valence-corrected chi connectivity index (χ4v) is 4.66. The predicted octanol–water partition coefficient (Wildman–Crippen LogP) is 2.21. The maximum Gasteiger partial charge on any atom is 0.231 e. The van der Waals surface area contributed by atoms with Gasteiger partial charge in [-0.15, -0.1) is 4.31 Å². The van der Waals surface area contributed by atoms with Gasteiger partial charge in [0.25, 0.3) is 0 Å². The molecule has 1 unspecified atom stereocenters. The van der Waals surface area contributed by atoms with E-state index in [1.54, 1.807) is 6.20 Å². The van der Waals surface area contributed by atoms with Crippen LogP contribution in [-0.4, -0.2) is 57.0 Å². The van der Waals surface area contributed by atoms with Gasteiger partial charge in [0.15, 0.2) is 11.5 Å². The molecule has 156 valence electrons. The molecule has 1 aromatic carbocycles. The van der Waals surface area contributed by atoms with Crippen LogP contribution in [0.3, 0.4) is 0 Å². The maximum absolute atomic E-state index is 12.1. The zero-order chi connectivity index (χ0) is 20.2. The lowest BCUT2D eigenvalue weighted by Crippen LogP contribution is -2.44. The van der Waals surface area contributed by atoms with Crippen molar-refractivity contribution < 1.29 is 14.0 Å². The number of hydrogen-bond acceptors (Lipinski definition) is 9. The summed E-state index contributed by atoms with van der Waals surface area (Å²) in [5, 5.41) is 6.67. The summed E-state index contributed by atoms with van der Waals surface area (Å²) in [4.78, 5) is 8.98. The summed E-state index contributed by atoms with van der Waals surface area (Å²) >= 11 is 2.51. The van der Waals surface area contributed by atoms with Gasteiger partial charge in [-0.25, -0.2) is 4.98 Å². The van der Waals surface area contributed by atoms with Crippen LogP contribution >= 0.6 is 15.9 Å². The summed E-state index contributed by atoms with van der Waals surface area (Å²) in [5.74, 6) is 3.07. The average Bonchev–Trinajstić information content (AvgIpc) is 3.21. The van der Waals surface area contributed by atoms with Gasteiger partial charge >= 0.3 is 0 Å². The smallest absolute Gasteiger partial charge is 0.231 e. The number of aromatic nitrogens is 2. The molecule has 0 amide bonds. The highest BCUT2D eigenvalue weighted by Crippen LogP contribution is 2.40. The van der Waals surface area contributed by atoms with Crippen LogP contribution in [0.25, 0.3) is 0 Å². The van der Waals surface area contributed by atoms with Gasteiger partial charge in [0, 0.05) is 43.2 Å². The zero-order valence-electron chi connectivity index (χ0n) is 15.8. The van der Waals surface area contributed by atoms with E-state index in [9.17, 15) is 4.55 Å². The topological polar surface area (TPSA) is 121 Å². The molecule has 1 fully saturated rings. The molecule has 1 atom stereocenters. The molecule has 11 heteroatoms. The first-order chi connectivity index (χ1) is 14.1. The van der Waals surface area contributed by atoms with Crippen LogP contribution in [0, 0.1) is 0 Å². The number of nitrogens with two attached hydrogens (primary N) is 1. The largest absolute Gasteiger partial charge is 0.598 e. The average molecular weight is 483 g/mol. The van der Waals surface area contributed by atoms with Gasteiger partial charge in [0.2, 0.25) is 12.7 Å². The molecule has 4 N–H and O–H groups in total. The maximum atomic E-state index is 12.1. The van der Waals surface area contributed by atoms with Crippen molar-refractivity contribution in [3.63, 3.8) is 0 Å². The Morgan fingerprint density at radius 2 is 2.14 bits per heavy atom. The lowest BCUT2D eigenvalue weighted by Gasteiger charge is -2.32. The van der Waals surface area contributed by atoms with Gasteiger partial charge < -0.3 is 30.4 Å². The van der Waals surface area contributed by atoms with Crippen molar-refractivity contribution in [3.8, 4) is 11.5 Å². The number of halogens is 1. The summed E-state index contributed by atoms with van der Waals surface area (Å²) in [5.41, 5.74) is 6.28.